The van der Waals surface area contributed by atoms with E-state index in [4.69, 9.17) is 4.98 Å². The highest BCUT2D eigenvalue weighted by atomic mass is 15.1. The third-order valence-electron chi connectivity index (χ3n) is 4.13. The van der Waals surface area contributed by atoms with Crippen LogP contribution in [-0.2, 0) is 0 Å². The van der Waals surface area contributed by atoms with Gasteiger partial charge in [0.1, 0.15) is 5.82 Å². The summed E-state index contributed by atoms with van der Waals surface area (Å²) in [4.78, 5) is 6.94. The molecule has 1 aliphatic rings. The molecule has 0 saturated heterocycles. The van der Waals surface area contributed by atoms with E-state index in [0.29, 0.717) is 6.04 Å². The van der Waals surface area contributed by atoms with Crippen molar-refractivity contribution in [3.05, 3.63) is 30.3 Å². The molecule has 106 valence electrons. The molecule has 0 unspecified atom stereocenters. The Morgan fingerprint density at radius 2 is 1.85 bits per heavy atom. The summed E-state index contributed by atoms with van der Waals surface area (Å²) in [7, 11) is 4.18. The second-order valence-corrected chi connectivity index (χ2v) is 5.92. The summed E-state index contributed by atoms with van der Waals surface area (Å²) in [5.41, 5.74) is 2.30. The Morgan fingerprint density at radius 1 is 1.10 bits per heavy atom. The summed E-state index contributed by atoms with van der Waals surface area (Å²) < 4.78 is 0. The molecule has 1 aromatic heterocycles. The van der Waals surface area contributed by atoms with Gasteiger partial charge in [0.15, 0.2) is 0 Å². The number of hydrogen-bond donors (Lipinski definition) is 1. The Bertz CT molecular complexity index is 586. The first-order chi connectivity index (χ1) is 9.74. The Morgan fingerprint density at radius 3 is 2.60 bits per heavy atom. The minimum absolute atomic E-state index is 0.590. The Hall–Kier alpha value is -1.77. The molecule has 3 nitrogen and oxygen atoms in total. The molecule has 1 aliphatic carbocycles. The highest BCUT2D eigenvalue weighted by Gasteiger charge is 2.15. The maximum absolute atomic E-state index is 4.77. The molecule has 20 heavy (non-hydrogen) atoms. The summed E-state index contributed by atoms with van der Waals surface area (Å²) in [6, 6.07) is 11.1. The van der Waals surface area contributed by atoms with Gasteiger partial charge in [0.2, 0.25) is 0 Å². The minimum atomic E-state index is 0.590. The number of nitrogens with zero attached hydrogens (tertiary/aromatic N) is 2. The molecule has 1 N–H and O–H groups in total. The molecule has 0 atom stereocenters. The molecule has 2 aromatic rings. The lowest BCUT2D eigenvalue weighted by atomic mass is 9.95. The highest BCUT2D eigenvalue weighted by Crippen LogP contribution is 2.29. The monoisotopic (exact) mass is 269 g/mol. The van der Waals surface area contributed by atoms with Crippen molar-refractivity contribution < 1.29 is 0 Å². The molecule has 1 fully saturated rings. The van der Waals surface area contributed by atoms with Gasteiger partial charge in [-0.1, -0.05) is 37.5 Å². The van der Waals surface area contributed by atoms with E-state index in [9.17, 15) is 0 Å². The van der Waals surface area contributed by atoms with Gasteiger partial charge in [-0.25, -0.2) is 4.98 Å². The molecular formula is C17H23N3. The largest absolute Gasteiger partial charge is 0.377 e. The molecule has 0 aliphatic heterocycles. The molecule has 3 rings (SSSR count). The van der Waals surface area contributed by atoms with E-state index in [1.54, 1.807) is 0 Å². The zero-order chi connectivity index (χ0) is 13.9. The van der Waals surface area contributed by atoms with Gasteiger partial charge >= 0.3 is 0 Å². The van der Waals surface area contributed by atoms with E-state index in [2.05, 4.69) is 54.6 Å². The summed E-state index contributed by atoms with van der Waals surface area (Å²) in [5, 5.41) is 4.85. The van der Waals surface area contributed by atoms with Crippen molar-refractivity contribution in [2.75, 3.05) is 24.3 Å². The van der Waals surface area contributed by atoms with Crippen molar-refractivity contribution in [3.8, 4) is 0 Å². The van der Waals surface area contributed by atoms with E-state index in [1.165, 1.54) is 43.2 Å². The first-order valence-electron chi connectivity index (χ1n) is 7.58. The molecule has 1 aromatic carbocycles. The highest BCUT2D eigenvalue weighted by molar-refractivity contribution is 5.93. The predicted molar refractivity (Wildman–Crippen MR) is 86.6 cm³/mol. The van der Waals surface area contributed by atoms with Crippen LogP contribution in [0.3, 0.4) is 0 Å². The van der Waals surface area contributed by atoms with Crippen molar-refractivity contribution in [3.63, 3.8) is 0 Å². The second kappa shape index (κ2) is 5.70. The summed E-state index contributed by atoms with van der Waals surface area (Å²) in [6.07, 6.45) is 6.60. The summed E-state index contributed by atoms with van der Waals surface area (Å²) in [5.74, 6) is 1.01. The quantitative estimate of drug-likeness (QED) is 0.911. The number of nitrogens with one attached hydrogen (secondary N) is 1. The standard InChI is InChI=1S/C17H23N3/c1-20(2)16-12-17(18-13-8-4-3-5-9-13)19-15-11-7-6-10-14(15)16/h6-7,10-13H,3-5,8-9H2,1-2H3,(H,18,19). The number of hydrogen-bond acceptors (Lipinski definition) is 3. The lowest BCUT2D eigenvalue weighted by molar-refractivity contribution is 0.462. The predicted octanol–water partition coefficient (Wildman–Crippen LogP) is 4.05. The minimum Gasteiger partial charge on any atom is -0.377 e. The van der Waals surface area contributed by atoms with Gasteiger partial charge in [0.05, 0.1) is 5.52 Å². The van der Waals surface area contributed by atoms with Crippen LogP contribution in [0.2, 0.25) is 0 Å². The van der Waals surface area contributed by atoms with Crippen LogP contribution in [-0.4, -0.2) is 25.1 Å². The molecule has 0 radical (unpaired) electrons. The first kappa shape index (κ1) is 13.2. The van der Waals surface area contributed by atoms with Crippen molar-refractivity contribution in [2.24, 2.45) is 0 Å². The van der Waals surface area contributed by atoms with Gasteiger partial charge in [-0.05, 0) is 18.9 Å². The fourth-order valence-electron chi connectivity index (χ4n) is 3.06. The van der Waals surface area contributed by atoms with E-state index >= 15 is 0 Å². The lowest BCUT2D eigenvalue weighted by Crippen LogP contribution is -2.23. The van der Waals surface area contributed by atoms with Crippen molar-refractivity contribution in [1.29, 1.82) is 0 Å². The van der Waals surface area contributed by atoms with E-state index < -0.39 is 0 Å². The molecule has 0 amide bonds. The fourth-order valence-corrected chi connectivity index (χ4v) is 3.06. The van der Waals surface area contributed by atoms with Gasteiger partial charge in [-0.3, -0.25) is 0 Å². The smallest absolute Gasteiger partial charge is 0.128 e. The van der Waals surface area contributed by atoms with Crippen molar-refractivity contribution in [2.45, 2.75) is 38.1 Å². The zero-order valence-corrected chi connectivity index (χ0v) is 12.4. The third kappa shape index (κ3) is 2.72. The maximum Gasteiger partial charge on any atom is 0.128 e. The van der Waals surface area contributed by atoms with Gasteiger partial charge in [-0.2, -0.15) is 0 Å². The maximum atomic E-state index is 4.77. The first-order valence-corrected chi connectivity index (χ1v) is 7.58. The number of pyridine rings is 1. The second-order valence-electron chi connectivity index (χ2n) is 5.92. The van der Waals surface area contributed by atoms with Crippen LogP contribution in [0.4, 0.5) is 11.5 Å². The molecule has 3 heteroatoms. The van der Waals surface area contributed by atoms with E-state index in [0.717, 1.165) is 11.3 Å². The van der Waals surface area contributed by atoms with Crippen molar-refractivity contribution >= 4 is 22.4 Å². The SMILES string of the molecule is CN(C)c1cc(NC2CCCCC2)nc2ccccc12. The number of aromatic nitrogens is 1. The van der Waals surface area contributed by atoms with Gasteiger partial charge in [0, 0.05) is 37.3 Å². The number of benzene rings is 1. The number of para-hydroxylation sites is 1. The van der Waals surface area contributed by atoms with E-state index in [1.807, 2.05) is 0 Å². The number of anilines is 2. The van der Waals surface area contributed by atoms with Gasteiger partial charge in [0.25, 0.3) is 0 Å². The van der Waals surface area contributed by atoms with Crippen LogP contribution in [0.1, 0.15) is 32.1 Å². The molecule has 0 spiro atoms. The molecule has 1 saturated carbocycles. The van der Waals surface area contributed by atoms with Gasteiger partial charge in [-0.15, -0.1) is 0 Å². The van der Waals surface area contributed by atoms with Crippen LogP contribution in [0.25, 0.3) is 10.9 Å². The molecular weight excluding hydrogens is 246 g/mol. The topological polar surface area (TPSA) is 28.2 Å². The Kier molecular flexibility index (Phi) is 3.77. The lowest BCUT2D eigenvalue weighted by Gasteiger charge is -2.24. The average molecular weight is 269 g/mol. The third-order valence-corrected chi connectivity index (χ3v) is 4.13. The van der Waals surface area contributed by atoms with E-state index in [-0.39, 0.29) is 0 Å². The fraction of sp³-hybridized carbons (Fsp3) is 0.471. The number of rotatable bonds is 3. The number of fused-ring (bicyclic) bond motifs is 1. The van der Waals surface area contributed by atoms with Gasteiger partial charge < -0.3 is 10.2 Å². The van der Waals surface area contributed by atoms with Crippen LogP contribution < -0.4 is 10.2 Å². The molecule has 1 heterocycles. The Labute approximate surface area is 121 Å². The van der Waals surface area contributed by atoms with Crippen LogP contribution >= 0.6 is 0 Å². The van der Waals surface area contributed by atoms with Crippen LogP contribution in [0, 0.1) is 0 Å². The zero-order valence-electron chi connectivity index (χ0n) is 12.4. The normalized spacial score (nSPS) is 16.3. The average Bonchev–Trinajstić information content (AvgIpc) is 2.47. The van der Waals surface area contributed by atoms with Crippen molar-refractivity contribution in [1.82, 2.24) is 4.98 Å². The summed E-state index contributed by atoms with van der Waals surface area (Å²) in [6.45, 7) is 0. The Balaban J connectivity index is 1.94. The van der Waals surface area contributed by atoms with Crippen LogP contribution in [0.5, 0.6) is 0 Å². The molecule has 0 bridgehead atoms. The summed E-state index contributed by atoms with van der Waals surface area (Å²) >= 11 is 0. The van der Waals surface area contributed by atoms with Crippen LogP contribution in [0.15, 0.2) is 30.3 Å².